The maximum atomic E-state index is 12.9. The van der Waals surface area contributed by atoms with Gasteiger partial charge in [0, 0.05) is 45.5 Å². The first-order chi connectivity index (χ1) is 14.1. The highest BCUT2D eigenvalue weighted by atomic mass is 35.5. The summed E-state index contributed by atoms with van der Waals surface area (Å²) in [6, 6.07) is 5.27. The number of sulfonamides is 1. The van der Waals surface area contributed by atoms with E-state index in [1.165, 1.54) is 41.8 Å². The molecule has 2 heterocycles. The molecule has 1 amide bonds. The number of carbonyl (C=O) groups excluding carboxylic acids is 1. The van der Waals surface area contributed by atoms with Gasteiger partial charge in [0.2, 0.25) is 15.9 Å². The number of aromatic nitrogens is 2. The van der Waals surface area contributed by atoms with Crippen molar-refractivity contribution in [2.24, 2.45) is 7.05 Å². The first kappa shape index (κ1) is 22.2. The van der Waals surface area contributed by atoms with E-state index < -0.39 is 27.2 Å². The Morgan fingerprint density at radius 3 is 2.43 bits per heavy atom. The topological polar surface area (TPSA) is 114 Å². The van der Waals surface area contributed by atoms with Crippen molar-refractivity contribution in [3.63, 3.8) is 0 Å². The molecule has 0 bridgehead atoms. The van der Waals surface area contributed by atoms with Gasteiger partial charge in [-0.05, 0) is 25.2 Å². The van der Waals surface area contributed by atoms with Crippen molar-refractivity contribution in [2.45, 2.75) is 11.4 Å². The van der Waals surface area contributed by atoms with Crippen LogP contribution in [0.3, 0.4) is 0 Å². The van der Waals surface area contributed by atoms with Crippen molar-refractivity contribution in [1.82, 2.24) is 18.3 Å². The Kier molecular flexibility index (Phi) is 6.46. The van der Waals surface area contributed by atoms with E-state index in [2.05, 4.69) is 5.32 Å². The summed E-state index contributed by atoms with van der Waals surface area (Å²) in [5, 5.41) is 2.69. The first-order valence-corrected chi connectivity index (χ1v) is 11.0. The lowest BCUT2D eigenvalue weighted by atomic mass is 10.3. The third kappa shape index (κ3) is 4.64. The van der Waals surface area contributed by atoms with Crippen LogP contribution in [0, 0.1) is 0 Å². The molecular formula is C18H22ClN5O5S. The molecule has 0 aliphatic carbocycles. The quantitative estimate of drug-likeness (QED) is 0.666. The second-order valence-corrected chi connectivity index (χ2v) is 9.37. The normalized spacial score (nSPS) is 15.8. The van der Waals surface area contributed by atoms with Gasteiger partial charge < -0.3 is 10.2 Å². The second kappa shape index (κ2) is 8.72. The van der Waals surface area contributed by atoms with Crippen LogP contribution in [-0.2, 0) is 28.4 Å². The first-order valence-electron chi connectivity index (χ1n) is 9.14. The molecule has 1 fully saturated rings. The average Bonchev–Trinajstić information content (AvgIpc) is 2.70. The van der Waals surface area contributed by atoms with Crippen molar-refractivity contribution in [1.29, 1.82) is 0 Å². The van der Waals surface area contributed by atoms with Gasteiger partial charge in [-0.2, -0.15) is 4.31 Å². The van der Waals surface area contributed by atoms with Crippen LogP contribution >= 0.6 is 11.6 Å². The Balaban J connectivity index is 1.80. The predicted octanol–water partition coefficient (Wildman–Crippen LogP) is -0.225. The van der Waals surface area contributed by atoms with E-state index in [1.54, 1.807) is 0 Å². The number of nitrogens with one attached hydrogen (secondary N) is 1. The predicted molar refractivity (Wildman–Crippen MR) is 112 cm³/mol. The SMILES string of the molecule is CN1CCN(S(=O)(=O)c2ccc(Cl)c(NC(=O)Cn3ccc(=O)n(C)c3=O)c2)CC1. The van der Waals surface area contributed by atoms with Crippen molar-refractivity contribution >= 4 is 33.2 Å². The monoisotopic (exact) mass is 455 g/mol. The Bertz CT molecular complexity index is 1180. The number of benzene rings is 1. The molecule has 0 unspecified atom stereocenters. The van der Waals surface area contributed by atoms with Crippen LogP contribution in [0.25, 0.3) is 0 Å². The lowest BCUT2D eigenvalue weighted by Gasteiger charge is -2.31. The smallest absolute Gasteiger partial charge is 0.323 e. The van der Waals surface area contributed by atoms with Gasteiger partial charge in [-0.3, -0.25) is 18.7 Å². The molecule has 1 N–H and O–H groups in total. The summed E-state index contributed by atoms with van der Waals surface area (Å²) in [5.41, 5.74) is -1.01. The average molecular weight is 456 g/mol. The van der Waals surface area contributed by atoms with E-state index in [1.807, 2.05) is 11.9 Å². The second-order valence-electron chi connectivity index (χ2n) is 7.02. The molecule has 1 aromatic carbocycles. The number of amides is 1. The fourth-order valence-electron chi connectivity index (χ4n) is 3.02. The maximum absolute atomic E-state index is 12.9. The molecule has 1 aliphatic heterocycles. The number of anilines is 1. The molecule has 0 spiro atoms. The summed E-state index contributed by atoms with van der Waals surface area (Å²) in [5.74, 6) is -0.591. The number of piperazine rings is 1. The molecule has 3 rings (SSSR count). The van der Waals surface area contributed by atoms with Gasteiger partial charge in [-0.15, -0.1) is 0 Å². The summed E-state index contributed by atoms with van der Waals surface area (Å²) in [6.07, 6.45) is 1.22. The molecule has 1 saturated heterocycles. The maximum Gasteiger partial charge on any atom is 0.331 e. The standard InChI is InChI=1S/C18H22ClN5O5S/c1-21-7-9-24(10-8-21)30(28,29)13-3-4-14(19)15(11-13)20-16(25)12-23-6-5-17(26)22(2)18(23)27/h3-6,11H,7-10,12H2,1-2H3,(H,20,25). The largest absolute Gasteiger partial charge is 0.331 e. The molecule has 30 heavy (non-hydrogen) atoms. The fraction of sp³-hybridized carbons (Fsp3) is 0.389. The van der Waals surface area contributed by atoms with Crippen LogP contribution in [0.2, 0.25) is 5.02 Å². The third-order valence-electron chi connectivity index (χ3n) is 4.89. The van der Waals surface area contributed by atoms with Crippen LogP contribution < -0.4 is 16.6 Å². The van der Waals surface area contributed by atoms with Gasteiger partial charge in [0.25, 0.3) is 5.56 Å². The van der Waals surface area contributed by atoms with E-state index in [0.29, 0.717) is 26.2 Å². The minimum absolute atomic E-state index is 0.0195. The zero-order valence-corrected chi connectivity index (χ0v) is 18.1. The minimum Gasteiger partial charge on any atom is -0.323 e. The summed E-state index contributed by atoms with van der Waals surface area (Å²) in [4.78, 5) is 38.0. The van der Waals surface area contributed by atoms with Crippen LogP contribution in [0.1, 0.15) is 0 Å². The molecule has 2 aromatic rings. The van der Waals surface area contributed by atoms with Crippen LogP contribution in [-0.4, -0.2) is 65.9 Å². The van der Waals surface area contributed by atoms with Crippen LogP contribution in [0.4, 0.5) is 5.69 Å². The highest BCUT2D eigenvalue weighted by Gasteiger charge is 2.28. The molecule has 10 nitrogen and oxygen atoms in total. The number of halogens is 1. The van der Waals surface area contributed by atoms with Crippen LogP contribution in [0.15, 0.2) is 44.9 Å². The lowest BCUT2D eigenvalue weighted by Crippen LogP contribution is -2.47. The number of likely N-dealkylation sites (N-methyl/N-ethyl adjacent to an activating group) is 1. The fourth-order valence-corrected chi connectivity index (χ4v) is 4.63. The van der Waals surface area contributed by atoms with Gasteiger partial charge in [0.05, 0.1) is 15.6 Å². The molecule has 0 radical (unpaired) electrons. The van der Waals surface area contributed by atoms with Crippen molar-refractivity contribution in [3.8, 4) is 0 Å². The third-order valence-corrected chi connectivity index (χ3v) is 7.11. The van der Waals surface area contributed by atoms with Gasteiger partial charge in [0.15, 0.2) is 0 Å². The lowest BCUT2D eigenvalue weighted by molar-refractivity contribution is -0.116. The van der Waals surface area contributed by atoms with Crippen LogP contribution in [0.5, 0.6) is 0 Å². The molecular weight excluding hydrogens is 434 g/mol. The van der Waals surface area contributed by atoms with Crippen molar-refractivity contribution < 1.29 is 13.2 Å². The number of nitrogens with zero attached hydrogens (tertiary/aromatic N) is 4. The summed E-state index contributed by atoms with van der Waals surface area (Å²) < 4.78 is 29.2. The summed E-state index contributed by atoms with van der Waals surface area (Å²) in [6.45, 7) is 1.64. The van der Waals surface area contributed by atoms with Gasteiger partial charge in [-0.25, -0.2) is 13.2 Å². The van der Waals surface area contributed by atoms with Crippen molar-refractivity contribution in [2.75, 3.05) is 38.5 Å². The van der Waals surface area contributed by atoms with Gasteiger partial charge in [-0.1, -0.05) is 11.6 Å². The van der Waals surface area contributed by atoms with E-state index in [4.69, 9.17) is 11.6 Å². The number of rotatable bonds is 5. The summed E-state index contributed by atoms with van der Waals surface area (Å²) in [7, 11) is -0.498. The highest BCUT2D eigenvalue weighted by molar-refractivity contribution is 7.89. The van der Waals surface area contributed by atoms with Gasteiger partial charge >= 0.3 is 5.69 Å². The molecule has 1 aromatic heterocycles. The zero-order valence-electron chi connectivity index (χ0n) is 16.5. The van der Waals surface area contributed by atoms with E-state index in [-0.39, 0.29) is 22.2 Å². The zero-order chi connectivity index (χ0) is 22.1. The molecule has 1 aliphatic rings. The van der Waals surface area contributed by atoms with E-state index in [9.17, 15) is 22.8 Å². The Labute approximate surface area is 178 Å². The number of hydrogen-bond acceptors (Lipinski definition) is 6. The number of carbonyl (C=O) groups is 1. The molecule has 0 saturated carbocycles. The van der Waals surface area contributed by atoms with Gasteiger partial charge in [0.1, 0.15) is 6.54 Å². The summed E-state index contributed by atoms with van der Waals surface area (Å²) >= 11 is 6.13. The number of hydrogen-bond donors (Lipinski definition) is 1. The Morgan fingerprint density at radius 2 is 1.77 bits per heavy atom. The molecule has 0 atom stereocenters. The van der Waals surface area contributed by atoms with E-state index >= 15 is 0 Å². The van der Waals surface area contributed by atoms with Crippen molar-refractivity contribution in [3.05, 3.63) is 56.3 Å². The molecule has 12 heteroatoms. The minimum atomic E-state index is -3.73. The molecule has 162 valence electrons. The highest BCUT2D eigenvalue weighted by Crippen LogP contribution is 2.27. The Hall–Kier alpha value is -2.47. The van der Waals surface area contributed by atoms with E-state index in [0.717, 1.165) is 9.13 Å². The Morgan fingerprint density at radius 1 is 1.10 bits per heavy atom.